The molecule has 2 rings (SSSR count). The van der Waals surface area contributed by atoms with Gasteiger partial charge in [-0.15, -0.1) is 11.6 Å². The first-order valence-electron chi connectivity index (χ1n) is 8.24. The van der Waals surface area contributed by atoms with Gasteiger partial charge >= 0.3 is 0 Å². The molecule has 0 spiro atoms. The third kappa shape index (κ3) is 6.30. The SMILES string of the molecule is O[C@H](CCl)COc1ccc(Cc2ccc(OC[C@@H](O)CF)c(F)c2F)cc1. The number of rotatable bonds is 10. The Balaban J connectivity index is 2.01. The Morgan fingerprint density at radius 3 is 2.19 bits per heavy atom. The molecule has 0 saturated carbocycles. The normalized spacial score (nSPS) is 13.3. The Labute approximate surface area is 160 Å². The van der Waals surface area contributed by atoms with Crippen molar-refractivity contribution in [2.75, 3.05) is 25.8 Å². The zero-order chi connectivity index (χ0) is 19.8. The second-order valence-corrected chi connectivity index (χ2v) is 6.22. The van der Waals surface area contributed by atoms with Crippen LogP contribution in [0.2, 0.25) is 0 Å². The third-order valence-corrected chi connectivity index (χ3v) is 4.03. The van der Waals surface area contributed by atoms with Crippen LogP contribution in [0.25, 0.3) is 0 Å². The van der Waals surface area contributed by atoms with Crippen LogP contribution in [0.15, 0.2) is 36.4 Å². The van der Waals surface area contributed by atoms with E-state index >= 15 is 0 Å². The maximum Gasteiger partial charge on any atom is 0.200 e. The summed E-state index contributed by atoms with van der Waals surface area (Å²) in [4.78, 5) is 0. The Morgan fingerprint density at radius 2 is 1.56 bits per heavy atom. The van der Waals surface area contributed by atoms with Gasteiger partial charge in [-0.25, -0.2) is 8.78 Å². The zero-order valence-corrected chi connectivity index (χ0v) is 15.1. The monoisotopic (exact) mass is 404 g/mol. The van der Waals surface area contributed by atoms with Crippen molar-refractivity contribution >= 4 is 11.6 Å². The minimum absolute atomic E-state index is 0.0568. The molecule has 0 saturated heterocycles. The molecule has 2 aromatic carbocycles. The van der Waals surface area contributed by atoms with Gasteiger partial charge in [0.05, 0.1) is 5.88 Å². The second kappa shape index (κ2) is 10.4. The molecule has 0 aliphatic rings. The molecule has 4 nitrogen and oxygen atoms in total. The molecule has 0 fully saturated rings. The number of hydrogen-bond acceptors (Lipinski definition) is 4. The Hall–Kier alpha value is -1.96. The van der Waals surface area contributed by atoms with Crippen LogP contribution in [-0.4, -0.2) is 48.2 Å². The molecule has 0 radical (unpaired) electrons. The summed E-state index contributed by atoms with van der Waals surface area (Å²) in [5.41, 5.74) is 0.845. The molecule has 2 atom stereocenters. The topological polar surface area (TPSA) is 58.9 Å². The highest BCUT2D eigenvalue weighted by Crippen LogP contribution is 2.25. The number of alkyl halides is 2. The molecule has 27 heavy (non-hydrogen) atoms. The Kier molecular flexibility index (Phi) is 8.22. The van der Waals surface area contributed by atoms with Crippen LogP contribution in [0.1, 0.15) is 11.1 Å². The van der Waals surface area contributed by atoms with E-state index in [-0.39, 0.29) is 30.2 Å². The summed E-state index contributed by atoms with van der Waals surface area (Å²) >= 11 is 5.48. The van der Waals surface area contributed by atoms with Crippen LogP contribution >= 0.6 is 11.6 Å². The van der Waals surface area contributed by atoms with E-state index in [0.29, 0.717) is 5.75 Å². The summed E-state index contributed by atoms with van der Waals surface area (Å²) in [6.45, 7) is -1.44. The van der Waals surface area contributed by atoms with Crippen molar-refractivity contribution < 1.29 is 32.9 Å². The van der Waals surface area contributed by atoms with Crippen LogP contribution in [0.4, 0.5) is 13.2 Å². The molecular formula is C19H20ClF3O4. The number of aliphatic hydroxyl groups excluding tert-OH is 2. The first kappa shape index (κ1) is 21.3. The van der Waals surface area contributed by atoms with Gasteiger partial charge in [0.2, 0.25) is 5.82 Å². The lowest BCUT2D eigenvalue weighted by Gasteiger charge is -2.12. The van der Waals surface area contributed by atoms with Crippen LogP contribution in [0, 0.1) is 11.6 Å². The van der Waals surface area contributed by atoms with Crippen LogP contribution < -0.4 is 9.47 Å². The van der Waals surface area contributed by atoms with Gasteiger partial charge in [-0.2, -0.15) is 4.39 Å². The molecule has 0 amide bonds. The smallest absolute Gasteiger partial charge is 0.200 e. The first-order valence-corrected chi connectivity index (χ1v) is 8.77. The maximum atomic E-state index is 14.2. The van der Waals surface area contributed by atoms with E-state index in [1.165, 1.54) is 12.1 Å². The number of halogens is 4. The van der Waals surface area contributed by atoms with Crippen molar-refractivity contribution in [1.29, 1.82) is 0 Å². The molecule has 8 heteroatoms. The molecule has 2 N–H and O–H groups in total. The predicted molar refractivity (Wildman–Crippen MR) is 95.3 cm³/mol. The summed E-state index contributed by atoms with van der Waals surface area (Å²) in [6, 6.07) is 9.31. The van der Waals surface area contributed by atoms with Crippen molar-refractivity contribution in [3.8, 4) is 11.5 Å². The Bertz CT molecular complexity index is 728. The van der Waals surface area contributed by atoms with E-state index in [1.54, 1.807) is 24.3 Å². The fourth-order valence-corrected chi connectivity index (χ4v) is 2.30. The number of ether oxygens (including phenoxy) is 2. The van der Waals surface area contributed by atoms with E-state index in [0.717, 1.165) is 5.56 Å². The minimum Gasteiger partial charge on any atom is -0.491 e. The van der Waals surface area contributed by atoms with Crippen molar-refractivity contribution in [2.24, 2.45) is 0 Å². The van der Waals surface area contributed by atoms with Gasteiger partial charge in [0.1, 0.15) is 37.8 Å². The highest BCUT2D eigenvalue weighted by atomic mass is 35.5. The fraction of sp³-hybridized carbons (Fsp3) is 0.368. The Morgan fingerprint density at radius 1 is 0.889 bits per heavy atom. The molecule has 0 aliphatic carbocycles. The first-order chi connectivity index (χ1) is 12.9. The molecule has 0 heterocycles. The van der Waals surface area contributed by atoms with Gasteiger partial charge in [0.15, 0.2) is 11.6 Å². The molecule has 0 unspecified atom stereocenters. The fourth-order valence-electron chi connectivity index (χ4n) is 2.21. The standard InChI is InChI=1S/C19H20ClF3O4/c20-8-14(24)10-26-16-4-1-12(2-5-16)7-13-3-6-17(19(23)18(13)22)27-11-15(25)9-21/h1-6,14-15,24-25H,7-11H2/t14-,15+/m1/s1. The van der Waals surface area contributed by atoms with Crippen LogP contribution in [0.5, 0.6) is 11.5 Å². The van der Waals surface area contributed by atoms with E-state index in [1.807, 2.05) is 0 Å². The van der Waals surface area contributed by atoms with Gasteiger partial charge < -0.3 is 19.7 Å². The van der Waals surface area contributed by atoms with E-state index < -0.39 is 37.1 Å². The minimum atomic E-state index is -1.39. The summed E-state index contributed by atoms with van der Waals surface area (Å²) in [5, 5.41) is 18.4. The van der Waals surface area contributed by atoms with E-state index in [2.05, 4.69) is 0 Å². The third-order valence-electron chi connectivity index (χ3n) is 3.67. The summed E-state index contributed by atoms with van der Waals surface area (Å²) in [7, 11) is 0. The number of hydrogen-bond donors (Lipinski definition) is 2. The van der Waals surface area contributed by atoms with Gasteiger partial charge in [-0.3, -0.25) is 0 Å². The number of aliphatic hydroxyl groups is 2. The summed E-state index contributed by atoms with van der Waals surface area (Å²) in [5.74, 6) is -2.05. The summed E-state index contributed by atoms with van der Waals surface area (Å²) in [6.07, 6.45) is -2.02. The molecule has 0 aromatic heterocycles. The van der Waals surface area contributed by atoms with Gasteiger partial charge in [-0.05, 0) is 29.3 Å². The zero-order valence-electron chi connectivity index (χ0n) is 14.4. The van der Waals surface area contributed by atoms with Gasteiger partial charge in [0, 0.05) is 6.42 Å². The molecular weight excluding hydrogens is 385 g/mol. The average Bonchev–Trinajstić information content (AvgIpc) is 2.69. The van der Waals surface area contributed by atoms with Crippen molar-refractivity contribution in [1.82, 2.24) is 0 Å². The van der Waals surface area contributed by atoms with E-state index in [4.69, 9.17) is 26.2 Å². The van der Waals surface area contributed by atoms with Crippen molar-refractivity contribution in [3.05, 3.63) is 59.2 Å². The quantitative estimate of drug-likeness (QED) is 0.597. The molecule has 2 aromatic rings. The van der Waals surface area contributed by atoms with Gasteiger partial charge in [-0.1, -0.05) is 18.2 Å². The summed E-state index contributed by atoms with van der Waals surface area (Å²) < 4.78 is 50.7. The predicted octanol–water partition coefficient (Wildman–Crippen LogP) is 3.24. The largest absolute Gasteiger partial charge is 0.491 e. The van der Waals surface area contributed by atoms with Crippen LogP contribution in [0.3, 0.4) is 0 Å². The van der Waals surface area contributed by atoms with Crippen molar-refractivity contribution in [3.63, 3.8) is 0 Å². The maximum absolute atomic E-state index is 14.2. The average molecular weight is 405 g/mol. The molecule has 148 valence electrons. The highest BCUT2D eigenvalue weighted by molar-refractivity contribution is 6.18. The lowest BCUT2D eigenvalue weighted by atomic mass is 10.0. The number of benzene rings is 2. The van der Waals surface area contributed by atoms with E-state index in [9.17, 15) is 18.3 Å². The van der Waals surface area contributed by atoms with Gasteiger partial charge in [0.25, 0.3) is 0 Å². The van der Waals surface area contributed by atoms with Crippen molar-refractivity contribution in [2.45, 2.75) is 18.6 Å². The second-order valence-electron chi connectivity index (χ2n) is 5.91. The highest BCUT2D eigenvalue weighted by Gasteiger charge is 2.16. The lowest BCUT2D eigenvalue weighted by Crippen LogP contribution is -2.20. The molecule has 0 bridgehead atoms. The van der Waals surface area contributed by atoms with Crippen LogP contribution in [-0.2, 0) is 6.42 Å². The lowest BCUT2D eigenvalue weighted by molar-refractivity contribution is 0.0820. The molecule has 0 aliphatic heterocycles.